The Hall–Kier alpha value is -2.94. The Labute approximate surface area is 184 Å². The fourth-order valence-electron chi connectivity index (χ4n) is 3.42. The third kappa shape index (κ3) is 4.56. The van der Waals surface area contributed by atoms with Crippen LogP contribution in [0.5, 0.6) is 0 Å². The molecular weight excluding hydrogens is 410 g/mol. The van der Waals surface area contributed by atoms with E-state index >= 15 is 0 Å². The Morgan fingerprint density at radius 3 is 2.45 bits per heavy atom. The molecule has 3 aliphatic rings. The summed E-state index contributed by atoms with van der Waals surface area (Å²) in [5.74, 6) is 3.46. The zero-order valence-electron chi connectivity index (χ0n) is 17.0. The predicted molar refractivity (Wildman–Crippen MR) is 118 cm³/mol. The van der Waals surface area contributed by atoms with E-state index in [9.17, 15) is 4.79 Å². The standard InChI is InChI=1S/C22H23N7OS/c30-20(14-5-6-14)23-15-7-9-16(10-8-15)31-22-26-19(13-3-4-13)25-21(27-22)24-18-11-17(28-29-18)12-1-2-12/h7-14H,1-6H2,(H,23,30)(H2,24,25,26,27,28,29). The van der Waals surface area contributed by atoms with Crippen molar-refractivity contribution in [2.75, 3.05) is 10.6 Å². The minimum atomic E-state index is 0.117. The lowest BCUT2D eigenvalue weighted by Gasteiger charge is -2.08. The van der Waals surface area contributed by atoms with Crippen molar-refractivity contribution in [3.63, 3.8) is 0 Å². The number of H-pyrrole nitrogens is 1. The molecule has 158 valence electrons. The van der Waals surface area contributed by atoms with E-state index in [1.165, 1.54) is 30.3 Å². The van der Waals surface area contributed by atoms with Gasteiger partial charge in [0, 0.05) is 40.1 Å². The van der Waals surface area contributed by atoms with Crippen molar-refractivity contribution in [1.29, 1.82) is 0 Å². The maximum Gasteiger partial charge on any atom is 0.232 e. The van der Waals surface area contributed by atoms with Crippen molar-refractivity contribution in [3.8, 4) is 0 Å². The second kappa shape index (κ2) is 7.64. The van der Waals surface area contributed by atoms with Crippen molar-refractivity contribution < 1.29 is 4.79 Å². The van der Waals surface area contributed by atoms with Gasteiger partial charge in [-0.05, 0) is 74.6 Å². The van der Waals surface area contributed by atoms with E-state index in [4.69, 9.17) is 0 Å². The van der Waals surface area contributed by atoms with Crippen LogP contribution in [0.25, 0.3) is 0 Å². The van der Waals surface area contributed by atoms with Crippen LogP contribution in [0.4, 0.5) is 17.5 Å². The minimum absolute atomic E-state index is 0.117. The van der Waals surface area contributed by atoms with Crippen LogP contribution in [-0.4, -0.2) is 31.1 Å². The van der Waals surface area contributed by atoms with Crippen LogP contribution in [-0.2, 0) is 4.79 Å². The van der Waals surface area contributed by atoms with Gasteiger partial charge in [-0.3, -0.25) is 9.89 Å². The first-order chi connectivity index (χ1) is 15.2. The van der Waals surface area contributed by atoms with Gasteiger partial charge in [-0.2, -0.15) is 15.1 Å². The summed E-state index contributed by atoms with van der Waals surface area (Å²) in [6.07, 6.45) is 6.69. The smallest absolute Gasteiger partial charge is 0.232 e. The van der Waals surface area contributed by atoms with Crippen LogP contribution in [0.2, 0.25) is 0 Å². The number of hydrogen-bond acceptors (Lipinski definition) is 7. The van der Waals surface area contributed by atoms with Gasteiger partial charge in [-0.15, -0.1) is 0 Å². The average molecular weight is 434 g/mol. The van der Waals surface area contributed by atoms with Gasteiger partial charge in [0.25, 0.3) is 0 Å². The highest BCUT2D eigenvalue weighted by Gasteiger charge is 2.30. The second-order valence-electron chi connectivity index (χ2n) is 8.57. The Balaban J connectivity index is 1.18. The van der Waals surface area contributed by atoms with Crippen LogP contribution in [0.3, 0.4) is 0 Å². The van der Waals surface area contributed by atoms with E-state index in [2.05, 4.69) is 35.8 Å². The molecule has 0 radical (unpaired) electrons. The largest absolute Gasteiger partial charge is 0.326 e. The molecule has 6 rings (SSSR count). The predicted octanol–water partition coefficient (Wildman–Crippen LogP) is 4.59. The number of benzene rings is 1. The monoisotopic (exact) mass is 433 g/mol. The van der Waals surface area contributed by atoms with Crippen molar-refractivity contribution >= 4 is 35.1 Å². The van der Waals surface area contributed by atoms with E-state index in [0.29, 0.717) is 22.9 Å². The number of anilines is 3. The van der Waals surface area contributed by atoms with Gasteiger partial charge in [-0.25, -0.2) is 4.98 Å². The van der Waals surface area contributed by atoms with Gasteiger partial charge < -0.3 is 10.6 Å². The fourth-order valence-corrected chi connectivity index (χ4v) is 4.17. The first-order valence-corrected chi connectivity index (χ1v) is 11.7. The zero-order chi connectivity index (χ0) is 20.8. The lowest BCUT2D eigenvalue weighted by atomic mass is 10.3. The number of amides is 1. The number of rotatable bonds is 8. The summed E-state index contributed by atoms with van der Waals surface area (Å²) in [5.41, 5.74) is 1.99. The summed E-state index contributed by atoms with van der Waals surface area (Å²) >= 11 is 1.49. The Morgan fingerprint density at radius 1 is 0.968 bits per heavy atom. The molecule has 0 bridgehead atoms. The number of aromatic amines is 1. The van der Waals surface area contributed by atoms with E-state index in [-0.39, 0.29) is 11.8 Å². The van der Waals surface area contributed by atoms with Crippen LogP contribution in [0.1, 0.15) is 61.9 Å². The first kappa shape index (κ1) is 18.8. The molecular formula is C22H23N7OS. The molecule has 1 amide bonds. The Morgan fingerprint density at radius 2 is 1.74 bits per heavy atom. The molecule has 0 saturated heterocycles. The minimum Gasteiger partial charge on any atom is -0.326 e. The van der Waals surface area contributed by atoms with Crippen molar-refractivity contribution in [3.05, 3.63) is 41.9 Å². The summed E-state index contributed by atoms with van der Waals surface area (Å²) in [6, 6.07) is 9.86. The second-order valence-corrected chi connectivity index (χ2v) is 9.61. The first-order valence-electron chi connectivity index (χ1n) is 10.9. The lowest BCUT2D eigenvalue weighted by Crippen LogP contribution is -2.12. The number of carbonyl (C=O) groups excluding carboxylic acids is 1. The van der Waals surface area contributed by atoms with Crippen LogP contribution >= 0.6 is 11.8 Å². The molecule has 0 aliphatic heterocycles. The number of carbonyl (C=O) groups is 1. The molecule has 3 fully saturated rings. The topological polar surface area (TPSA) is 108 Å². The maximum absolute atomic E-state index is 11.9. The van der Waals surface area contributed by atoms with Gasteiger partial charge in [0.2, 0.25) is 11.9 Å². The molecule has 0 unspecified atom stereocenters. The van der Waals surface area contributed by atoms with Gasteiger partial charge in [-0.1, -0.05) is 0 Å². The molecule has 3 aromatic rings. The SMILES string of the molecule is O=C(Nc1ccc(Sc2nc(Nc3cc(C4CC4)[nH]n3)nc(C3CC3)n2)cc1)C1CC1. The normalized spacial score (nSPS) is 18.1. The van der Waals surface area contributed by atoms with E-state index in [0.717, 1.165) is 47.9 Å². The van der Waals surface area contributed by atoms with Gasteiger partial charge in [0.15, 0.2) is 11.0 Å². The molecule has 3 N–H and O–H groups in total. The lowest BCUT2D eigenvalue weighted by molar-refractivity contribution is -0.117. The summed E-state index contributed by atoms with van der Waals surface area (Å²) in [4.78, 5) is 26.9. The van der Waals surface area contributed by atoms with Gasteiger partial charge in [0.05, 0.1) is 0 Å². The summed E-state index contributed by atoms with van der Waals surface area (Å²) in [6.45, 7) is 0. The highest BCUT2D eigenvalue weighted by Crippen LogP contribution is 2.41. The number of hydrogen-bond donors (Lipinski definition) is 3. The van der Waals surface area contributed by atoms with Crippen LogP contribution < -0.4 is 10.6 Å². The highest BCUT2D eigenvalue weighted by atomic mass is 32.2. The third-order valence-electron chi connectivity index (χ3n) is 5.71. The van der Waals surface area contributed by atoms with Gasteiger partial charge in [0.1, 0.15) is 5.82 Å². The van der Waals surface area contributed by atoms with Crippen LogP contribution in [0.15, 0.2) is 40.4 Å². The Kier molecular flexibility index (Phi) is 4.63. The maximum atomic E-state index is 11.9. The summed E-state index contributed by atoms with van der Waals surface area (Å²) in [5, 5.41) is 14.3. The number of nitrogens with zero attached hydrogens (tertiary/aromatic N) is 4. The molecule has 1 aromatic carbocycles. The van der Waals surface area contributed by atoms with Gasteiger partial charge >= 0.3 is 0 Å². The average Bonchev–Trinajstić information content (AvgIpc) is 3.61. The van der Waals surface area contributed by atoms with Crippen molar-refractivity contribution in [1.82, 2.24) is 25.1 Å². The zero-order valence-corrected chi connectivity index (χ0v) is 17.8. The molecule has 8 nitrogen and oxygen atoms in total. The molecule has 0 spiro atoms. The van der Waals surface area contributed by atoms with E-state index < -0.39 is 0 Å². The fraction of sp³-hybridized carbons (Fsp3) is 0.409. The van der Waals surface area contributed by atoms with Crippen molar-refractivity contribution in [2.45, 2.75) is 60.4 Å². The highest BCUT2D eigenvalue weighted by molar-refractivity contribution is 7.99. The van der Waals surface area contributed by atoms with Crippen LogP contribution in [0, 0.1) is 5.92 Å². The summed E-state index contributed by atoms with van der Waals surface area (Å²) in [7, 11) is 0. The molecule has 2 heterocycles. The van der Waals surface area contributed by atoms with Crippen molar-refractivity contribution in [2.24, 2.45) is 5.92 Å². The molecule has 3 aliphatic carbocycles. The van der Waals surface area contributed by atoms with E-state index in [1.54, 1.807) is 0 Å². The molecule has 3 saturated carbocycles. The molecule has 0 atom stereocenters. The Bertz CT molecular complexity index is 1120. The number of nitrogens with one attached hydrogen (secondary N) is 3. The van der Waals surface area contributed by atoms with E-state index in [1.807, 2.05) is 30.3 Å². The molecule has 2 aromatic heterocycles. The number of aromatic nitrogens is 5. The quantitative estimate of drug-likeness (QED) is 0.477. The molecule has 31 heavy (non-hydrogen) atoms. The summed E-state index contributed by atoms with van der Waals surface area (Å²) < 4.78 is 0. The third-order valence-corrected chi connectivity index (χ3v) is 6.58. The molecule has 9 heteroatoms.